The van der Waals surface area contributed by atoms with Crippen LogP contribution >= 0.6 is 0 Å². The zero-order valence-electron chi connectivity index (χ0n) is 9.59. The predicted octanol–water partition coefficient (Wildman–Crippen LogP) is 2.72. The topological polar surface area (TPSA) is 27.7 Å². The van der Waals surface area contributed by atoms with Gasteiger partial charge >= 0.3 is 0 Å². The minimum atomic E-state index is 0.0341. The lowest BCUT2D eigenvalue weighted by molar-refractivity contribution is 0.174. The van der Waals surface area contributed by atoms with Gasteiger partial charge in [0.25, 0.3) is 0 Å². The largest absolute Gasteiger partial charge is 0.496 e. The van der Waals surface area contributed by atoms with Crippen molar-refractivity contribution in [3.63, 3.8) is 0 Å². The molecule has 3 nitrogen and oxygen atoms in total. The zero-order chi connectivity index (χ0) is 11.1. The first kappa shape index (κ1) is 10.1. The number of hydrogen-bond acceptors (Lipinski definition) is 3. The van der Waals surface area contributed by atoms with Crippen LogP contribution in [0.4, 0.5) is 0 Å². The van der Waals surface area contributed by atoms with Crippen molar-refractivity contribution in [1.29, 1.82) is 0 Å². The van der Waals surface area contributed by atoms with Gasteiger partial charge in [0.2, 0.25) is 6.79 Å². The molecule has 0 aromatic heterocycles. The predicted molar refractivity (Wildman–Crippen MR) is 57.8 cm³/mol. The maximum Gasteiger partial charge on any atom is 0.231 e. The fraction of sp³-hybridized carbons (Fsp3) is 0.500. The molecule has 1 heterocycles. The summed E-state index contributed by atoms with van der Waals surface area (Å²) in [5, 5.41) is 0. The molecule has 0 saturated heterocycles. The molecule has 0 fully saturated rings. The number of benzene rings is 1. The molecular formula is C12H16O3. The van der Waals surface area contributed by atoms with Gasteiger partial charge in [-0.3, -0.25) is 0 Å². The number of rotatable bonds is 1. The van der Waals surface area contributed by atoms with Gasteiger partial charge < -0.3 is 14.2 Å². The normalized spacial score (nSPS) is 14.1. The minimum absolute atomic E-state index is 0.0341. The second-order valence-electron chi connectivity index (χ2n) is 4.66. The van der Waals surface area contributed by atoms with Crippen LogP contribution in [-0.4, -0.2) is 13.9 Å². The van der Waals surface area contributed by atoms with E-state index in [1.165, 1.54) is 0 Å². The molecule has 3 heteroatoms. The van der Waals surface area contributed by atoms with E-state index in [1.807, 2.05) is 12.1 Å². The number of hydrogen-bond donors (Lipinski definition) is 0. The van der Waals surface area contributed by atoms with E-state index in [-0.39, 0.29) is 5.41 Å². The third-order valence-electron chi connectivity index (χ3n) is 2.50. The minimum Gasteiger partial charge on any atom is -0.496 e. The summed E-state index contributed by atoms with van der Waals surface area (Å²) >= 11 is 0. The fourth-order valence-electron chi connectivity index (χ4n) is 1.68. The summed E-state index contributed by atoms with van der Waals surface area (Å²) in [6, 6.07) is 3.89. The van der Waals surface area contributed by atoms with Gasteiger partial charge in [-0.25, -0.2) is 0 Å². The standard InChI is InChI=1S/C12H16O3/c1-12(2,3)8-5-10-11(15-7-14-10)6-9(8)13-4/h5-6H,7H2,1-4H3. The monoisotopic (exact) mass is 208 g/mol. The first-order chi connectivity index (χ1) is 7.02. The molecule has 0 aliphatic carbocycles. The maximum absolute atomic E-state index is 5.36. The van der Waals surface area contributed by atoms with Gasteiger partial charge in [-0.15, -0.1) is 0 Å². The summed E-state index contributed by atoms with van der Waals surface area (Å²) in [5.74, 6) is 2.42. The van der Waals surface area contributed by atoms with E-state index in [0.717, 1.165) is 22.8 Å². The van der Waals surface area contributed by atoms with Crippen LogP contribution in [0.25, 0.3) is 0 Å². The Morgan fingerprint density at radius 3 is 2.27 bits per heavy atom. The molecule has 82 valence electrons. The lowest BCUT2D eigenvalue weighted by atomic mass is 9.86. The Balaban J connectivity index is 2.54. The van der Waals surface area contributed by atoms with E-state index in [4.69, 9.17) is 14.2 Å². The SMILES string of the molecule is COc1cc2c(cc1C(C)(C)C)OCO2. The molecule has 0 saturated carbocycles. The van der Waals surface area contributed by atoms with Gasteiger partial charge in [-0.1, -0.05) is 20.8 Å². The summed E-state index contributed by atoms with van der Waals surface area (Å²) in [5.41, 5.74) is 1.17. The smallest absolute Gasteiger partial charge is 0.231 e. The Labute approximate surface area is 90.0 Å². The highest BCUT2D eigenvalue weighted by atomic mass is 16.7. The summed E-state index contributed by atoms with van der Waals surface area (Å²) < 4.78 is 16.0. The van der Waals surface area contributed by atoms with Crippen LogP contribution in [0.3, 0.4) is 0 Å². The summed E-state index contributed by atoms with van der Waals surface area (Å²) in [7, 11) is 1.67. The van der Waals surface area contributed by atoms with Crippen molar-refractivity contribution in [1.82, 2.24) is 0 Å². The lowest BCUT2D eigenvalue weighted by Gasteiger charge is -2.22. The number of fused-ring (bicyclic) bond motifs is 1. The van der Waals surface area contributed by atoms with Crippen LogP contribution in [0, 0.1) is 0 Å². The second kappa shape index (κ2) is 3.33. The highest BCUT2D eigenvalue weighted by molar-refractivity contribution is 5.53. The maximum atomic E-state index is 5.36. The fourth-order valence-corrected chi connectivity index (χ4v) is 1.68. The Hall–Kier alpha value is -1.38. The first-order valence-corrected chi connectivity index (χ1v) is 5.00. The van der Waals surface area contributed by atoms with Gasteiger partial charge in [0, 0.05) is 11.6 Å². The Kier molecular flexibility index (Phi) is 2.25. The molecule has 0 radical (unpaired) electrons. The van der Waals surface area contributed by atoms with E-state index in [1.54, 1.807) is 7.11 Å². The molecule has 1 aromatic rings. The Bertz CT molecular complexity index is 377. The van der Waals surface area contributed by atoms with Crippen molar-refractivity contribution < 1.29 is 14.2 Å². The van der Waals surface area contributed by atoms with Gasteiger partial charge in [0.15, 0.2) is 11.5 Å². The van der Waals surface area contributed by atoms with E-state index in [2.05, 4.69) is 20.8 Å². The van der Waals surface area contributed by atoms with E-state index in [9.17, 15) is 0 Å². The molecule has 0 amide bonds. The van der Waals surface area contributed by atoms with Crippen LogP contribution in [-0.2, 0) is 5.41 Å². The molecular weight excluding hydrogens is 192 g/mol. The van der Waals surface area contributed by atoms with E-state index >= 15 is 0 Å². The molecule has 1 aromatic carbocycles. The highest BCUT2D eigenvalue weighted by Crippen LogP contribution is 2.42. The van der Waals surface area contributed by atoms with Crippen LogP contribution in [0.2, 0.25) is 0 Å². The molecule has 0 unspecified atom stereocenters. The Morgan fingerprint density at radius 1 is 1.13 bits per heavy atom. The quantitative estimate of drug-likeness (QED) is 0.710. The average molecular weight is 208 g/mol. The highest BCUT2D eigenvalue weighted by Gasteiger charge is 2.24. The van der Waals surface area contributed by atoms with Crippen LogP contribution < -0.4 is 14.2 Å². The van der Waals surface area contributed by atoms with Crippen LogP contribution in [0.1, 0.15) is 26.3 Å². The molecule has 1 aliphatic rings. The van der Waals surface area contributed by atoms with Crippen molar-refractivity contribution in [3.8, 4) is 17.2 Å². The van der Waals surface area contributed by atoms with Gasteiger partial charge in [0.05, 0.1) is 7.11 Å². The molecule has 0 atom stereocenters. The van der Waals surface area contributed by atoms with Gasteiger partial charge in [0.1, 0.15) is 5.75 Å². The van der Waals surface area contributed by atoms with Gasteiger partial charge in [-0.2, -0.15) is 0 Å². The van der Waals surface area contributed by atoms with Gasteiger partial charge in [-0.05, 0) is 11.5 Å². The van der Waals surface area contributed by atoms with Crippen molar-refractivity contribution in [2.45, 2.75) is 26.2 Å². The third kappa shape index (κ3) is 1.74. The molecule has 0 spiro atoms. The van der Waals surface area contributed by atoms with Crippen molar-refractivity contribution in [3.05, 3.63) is 17.7 Å². The number of methoxy groups -OCH3 is 1. The van der Waals surface area contributed by atoms with Crippen LogP contribution in [0.15, 0.2) is 12.1 Å². The molecule has 15 heavy (non-hydrogen) atoms. The summed E-state index contributed by atoms with van der Waals surface area (Å²) in [6.07, 6.45) is 0. The average Bonchev–Trinajstić information content (AvgIpc) is 2.60. The third-order valence-corrected chi connectivity index (χ3v) is 2.50. The van der Waals surface area contributed by atoms with Crippen LogP contribution in [0.5, 0.6) is 17.2 Å². The second-order valence-corrected chi connectivity index (χ2v) is 4.66. The van der Waals surface area contributed by atoms with Crippen molar-refractivity contribution >= 4 is 0 Å². The molecule has 0 N–H and O–H groups in total. The number of ether oxygens (including phenoxy) is 3. The van der Waals surface area contributed by atoms with Crippen molar-refractivity contribution in [2.24, 2.45) is 0 Å². The Morgan fingerprint density at radius 2 is 1.73 bits per heavy atom. The molecule has 2 rings (SSSR count). The summed E-state index contributed by atoms with van der Waals surface area (Å²) in [6.45, 7) is 6.74. The zero-order valence-corrected chi connectivity index (χ0v) is 9.59. The molecule has 1 aliphatic heterocycles. The van der Waals surface area contributed by atoms with Crippen molar-refractivity contribution in [2.75, 3.05) is 13.9 Å². The lowest BCUT2D eigenvalue weighted by Crippen LogP contribution is -2.12. The van der Waals surface area contributed by atoms with E-state index in [0.29, 0.717) is 6.79 Å². The van der Waals surface area contributed by atoms with E-state index < -0.39 is 0 Å². The first-order valence-electron chi connectivity index (χ1n) is 5.00. The summed E-state index contributed by atoms with van der Waals surface area (Å²) in [4.78, 5) is 0. The molecule has 0 bridgehead atoms.